The van der Waals surface area contributed by atoms with E-state index in [1.165, 1.54) is 0 Å². The quantitative estimate of drug-likeness (QED) is 0.581. The van der Waals surface area contributed by atoms with Gasteiger partial charge < -0.3 is 14.2 Å². The van der Waals surface area contributed by atoms with Crippen LogP contribution >= 0.6 is 0 Å². The van der Waals surface area contributed by atoms with Gasteiger partial charge in [-0.3, -0.25) is 4.79 Å². The van der Waals surface area contributed by atoms with Gasteiger partial charge in [0.25, 0.3) is 0 Å². The number of rotatable bonds is 4. The molecule has 0 aromatic heterocycles. The van der Waals surface area contributed by atoms with Crippen LogP contribution in [0, 0.1) is 5.41 Å². The highest BCUT2D eigenvalue weighted by atomic mass is 16.7. The first-order chi connectivity index (χ1) is 9.21. The molecule has 1 unspecified atom stereocenters. The monoisotopic (exact) mass is 268 g/mol. The molecular weight excluding hydrogens is 244 g/mol. The van der Waals surface area contributed by atoms with E-state index in [-0.39, 0.29) is 5.97 Å². The van der Waals surface area contributed by atoms with Crippen molar-refractivity contribution in [2.24, 2.45) is 5.41 Å². The molecular formula is C15H24O4. The highest BCUT2D eigenvalue weighted by molar-refractivity contribution is 5.78. The lowest BCUT2D eigenvalue weighted by atomic mass is 9.72. The van der Waals surface area contributed by atoms with Crippen molar-refractivity contribution in [1.29, 1.82) is 0 Å². The molecule has 1 atom stereocenters. The Bertz CT molecular complexity index is 333. The van der Waals surface area contributed by atoms with E-state index >= 15 is 0 Å². The van der Waals surface area contributed by atoms with Crippen LogP contribution in [0.3, 0.4) is 0 Å². The summed E-state index contributed by atoms with van der Waals surface area (Å²) in [4.78, 5) is 12.6. The summed E-state index contributed by atoms with van der Waals surface area (Å²) >= 11 is 0. The normalized spacial score (nSPS) is 29.9. The van der Waals surface area contributed by atoms with Crippen molar-refractivity contribution in [3.63, 3.8) is 0 Å². The van der Waals surface area contributed by atoms with Crippen LogP contribution in [0.4, 0.5) is 0 Å². The Morgan fingerprint density at radius 2 is 1.95 bits per heavy atom. The maximum absolute atomic E-state index is 12.6. The fourth-order valence-corrected chi connectivity index (χ4v) is 3.38. The second-order valence-electron chi connectivity index (χ2n) is 5.31. The molecule has 0 radical (unpaired) electrons. The molecule has 1 saturated carbocycles. The molecule has 2 rings (SSSR count). The predicted molar refractivity (Wildman–Crippen MR) is 71.6 cm³/mol. The molecule has 1 spiro atoms. The zero-order valence-corrected chi connectivity index (χ0v) is 11.8. The molecule has 19 heavy (non-hydrogen) atoms. The van der Waals surface area contributed by atoms with E-state index < -0.39 is 11.2 Å². The maximum Gasteiger partial charge on any atom is 0.317 e. The lowest BCUT2D eigenvalue weighted by Crippen LogP contribution is -2.54. The number of esters is 1. The zero-order valence-electron chi connectivity index (χ0n) is 11.8. The number of ether oxygens (including phenoxy) is 3. The average molecular weight is 268 g/mol. The molecule has 0 bridgehead atoms. The summed E-state index contributed by atoms with van der Waals surface area (Å²) in [6, 6.07) is 0. The molecule has 108 valence electrons. The summed E-state index contributed by atoms with van der Waals surface area (Å²) in [5, 5.41) is 0. The average Bonchev–Trinajstić information content (AvgIpc) is 2.79. The van der Waals surface area contributed by atoms with Crippen LogP contribution in [-0.4, -0.2) is 31.6 Å². The Morgan fingerprint density at radius 3 is 2.58 bits per heavy atom. The number of allylic oxidation sites excluding steroid dienone is 1. The highest BCUT2D eigenvalue weighted by Gasteiger charge is 2.60. The molecule has 0 N–H and O–H groups in total. The Labute approximate surface area is 115 Å². The molecule has 1 aliphatic heterocycles. The van der Waals surface area contributed by atoms with Crippen molar-refractivity contribution < 1.29 is 19.0 Å². The smallest absolute Gasteiger partial charge is 0.317 e. The van der Waals surface area contributed by atoms with Crippen molar-refractivity contribution in [2.45, 2.75) is 51.2 Å². The summed E-state index contributed by atoms with van der Waals surface area (Å²) < 4.78 is 17.2. The maximum atomic E-state index is 12.6. The standard InChI is InChI=1S/C15H24O4/c1-3-8-14(13(16)17-4-2)9-6-5-7-10-15(14)18-11-12-19-15/h3H,1,4-12H2,2H3. The first kappa shape index (κ1) is 14.5. The summed E-state index contributed by atoms with van der Waals surface area (Å²) in [5.41, 5.74) is -0.724. The second-order valence-corrected chi connectivity index (χ2v) is 5.31. The largest absolute Gasteiger partial charge is 0.465 e. The van der Waals surface area contributed by atoms with E-state index in [1.54, 1.807) is 6.08 Å². The second kappa shape index (κ2) is 6.06. The molecule has 2 aliphatic rings. The van der Waals surface area contributed by atoms with Gasteiger partial charge in [0.2, 0.25) is 0 Å². The third-order valence-electron chi connectivity index (χ3n) is 4.25. The van der Waals surface area contributed by atoms with Crippen LogP contribution in [0.25, 0.3) is 0 Å². The number of carbonyl (C=O) groups excluding carboxylic acids is 1. The molecule has 1 saturated heterocycles. The highest BCUT2D eigenvalue weighted by Crippen LogP contribution is 2.51. The van der Waals surface area contributed by atoms with Crippen LogP contribution in [0.15, 0.2) is 12.7 Å². The van der Waals surface area contributed by atoms with Gasteiger partial charge in [0, 0.05) is 6.42 Å². The third kappa shape index (κ3) is 2.43. The summed E-state index contributed by atoms with van der Waals surface area (Å²) in [7, 11) is 0. The van der Waals surface area contributed by atoms with E-state index in [9.17, 15) is 4.79 Å². The fraction of sp³-hybridized carbons (Fsp3) is 0.800. The molecule has 1 heterocycles. The van der Waals surface area contributed by atoms with Gasteiger partial charge in [0.15, 0.2) is 5.79 Å². The molecule has 0 aromatic rings. The molecule has 0 aromatic carbocycles. The molecule has 4 heteroatoms. The first-order valence-electron chi connectivity index (χ1n) is 7.27. The summed E-state index contributed by atoms with van der Waals surface area (Å²) in [6.07, 6.45) is 6.98. The van der Waals surface area contributed by atoms with Gasteiger partial charge in [-0.2, -0.15) is 0 Å². The van der Waals surface area contributed by atoms with Gasteiger partial charge in [0.1, 0.15) is 5.41 Å². The van der Waals surface area contributed by atoms with E-state index in [0.717, 1.165) is 32.1 Å². The van der Waals surface area contributed by atoms with Gasteiger partial charge in [-0.05, 0) is 26.2 Å². The van der Waals surface area contributed by atoms with Crippen molar-refractivity contribution in [2.75, 3.05) is 19.8 Å². The van der Waals surface area contributed by atoms with Gasteiger partial charge in [0.05, 0.1) is 19.8 Å². The lowest BCUT2D eigenvalue weighted by Gasteiger charge is -2.43. The fourth-order valence-electron chi connectivity index (χ4n) is 3.38. The first-order valence-corrected chi connectivity index (χ1v) is 7.27. The minimum Gasteiger partial charge on any atom is -0.465 e. The Hall–Kier alpha value is -0.870. The molecule has 0 amide bonds. The number of carbonyl (C=O) groups is 1. The SMILES string of the molecule is C=CCC1(C(=O)OCC)CCCCCC12OCCO2. The van der Waals surface area contributed by atoms with Crippen molar-refractivity contribution in [3.05, 3.63) is 12.7 Å². The van der Waals surface area contributed by atoms with Crippen molar-refractivity contribution in [1.82, 2.24) is 0 Å². The number of hydrogen-bond acceptors (Lipinski definition) is 4. The van der Waals surface area contributed by atoms with E-state index in [0.29, 0.717) is 26.2 Å². The minimum absolute atomic E-state index is 0.196. The van der Waals surface area contributed by atoms with Gasteiger partial charge >= 0.3 is 5.97 Å². The topological polar surface area (TPSA) is 44.8 Å². The molecule has 2 fully saturated rings. The third-order valence-corrected chi connectivity index (χ3v) is 4.25. The van der Waals surface area contributed by atoms with Crippen LogP contribution < -0.4 is 0 Å². The molecule has 1 aliphatic carbocycles. The minimum atomic E-state index is -0.802. The molecule has 4 nitrogen and oxygen atoms in total. The van der Waals surface area contributed by atoms with Crippen LogP contribution in [-0.2, 0) is 19.0 Å². The van der Waals surface area contributed by atoms with Crippen LogP contribution in [0.1, 0.15) is 45.4 Å². The number of hydrogen-bond donors (Lipinski definition) is 0. The van der Waals surface area contributed by atoms with Crippen molar-refractivity contribution in [3.8, 4) is 0 Å². The van der Waals surface area contributed by atoms with Gasteiger partial charge in [-0.15, -0.1) is 6.58 Å². The van der Waals surface area contributed by atoms with Crippen LogP contribution in [0.2, 0.25) is 0 Å². The Kier molecular flexibility index (Phi) is 4.63. The lowest BCUT2D eigenvalue weighted by molar-refractivity contribution is -0.247. The van der Waals surface area contributed by atoms with E-state index in [2.05, 4.69) is 6.58 Å². The summed E-state index contributed by atoms with van der Waals surface area (Å²) in [6.45, 7) is 7.13. The van der Waals surface area contributed by atoms with Gasteiger partial charge in [-0.25, -0.2) is 0 Å². The van der Waals surface area contributed by atoms with Crippen molar-refractivity contribution >= 4 is 5.97 Å². The zero-order chi connectivity index (χ0) is 13.8. The predicted octanol–water partition coefficient (Wildman–Crippen LogP) is 2.82. The van der Waals surface area contributed by atoms with E-state index in [1.807, 2.05) is 6.92 Å². The Balaban J connectivity index is 2.38. The van der Waals surface area contributed by atoms with E-state index in [4.69, 9.17) is 14.2 Å². The van der Waals surface area contributed by atoms with Gasteiger partial charge in [-0.1, -0.05) is 18.9 Å². The Morgan fingerprint density at radius 1 is 1.26 bits per heavy atom. The summed E-state index contributed by atoms with van der Waals surface area (Å²) in [5.74, 6) is -0.997. The van der Waals surface area contributed by atoms with Crippen LogP contribution in [0.5, 0.6) is 0 Å².